The zero-order chi connectivity index (χ0) is 15.6. The second-order valence-electron chi connectivity index (χ2n) is 5.00. The van der Waals surface area contributed by atoms with Crippen molar-refractivity contribution in [2.75, 3.05) is 5.32 Å². The van der Waals surface area contributed by atoms with Crippen molar-refractivity contribution in [3.63, 3.8) is 0 Å². The lowest BCUT2D eigenvalue weighted by Gasteiger charge is -2.31. The van der Waals surface area contributed by atoms with Crippen LogP contribution in [0, 0.1) is 11.8 Å². The molecule has 0 saturated heterocycles. The summed E-state index contributed by atoms with van der Waals surface area (Å²) < 4.78 is 38.9. The van der Waals surface area contributed by atoms with E-state index in [0.29, 0.717) is 12.8 Å². The van der Waals surface area contributed by atoms with Crippen molar-refractivity contribution in [3.8, 4) is 0 Å². The molecule has 1 aliphatic rings. The van der Waals surface area contributed by atoms with Crippen LogP contribution >= 0.6 is 11.3 Å². The van der Waals surface area contributed by atoms with Crippen LogP contribution in [0.4, 0.5) is 18.9 Å². The molecule has 1 fully saturated rings. The standard InChI is InChI=1S/C13H14F3NO3S/c14-13(15,16)8-4-2-1-3-7(8)11(18)17-9-5-6-21-10(9)12(19)20/h5-8H,1-4H2,(H,17,18)(H,19,20). The minimum Gasteiger partial charge on any atom is -0.477 e. The molecule has 0 aliphatic heterocycles. The molecule has 1 heterocycles. The van der Waals surface area contributed by atoms with Gasteiger partial charge in [-0.25, -0.2) is 4.79 Å². The normalized spacial score (nSPS) is 22.8. The number of hydrogen-bond donors (Lipinski definition) is 2. The molecule has 1 aliphatic carbocycles. The van der Waals surface area contributed by atoms with E-state index in [0.717, 1.165) is 11.3 Å². The first-order valence-corrected chi connectivity index (χ1v) is 7.37. The Kier molecular flexibility index (Phi) is 4.55. The van der Waals surface area contributed by atoms with Crippen LogP contribution in [0.1, 0.15) is 35.4 Å². The lowest BCUT2D eigenvalue weighted by Crippen LogP contribution is -2.39. The number of nitrogens with one attached hydrogen (secondary N) is 1. The minimum absolute atomic E-state index is 0.0585. The largest absolute Gasteiger partial charge is 0.477 e. The lowest BCUT2D eigenvalue weighted by molar-refractivity contribution is -0.197. The molecule has 8 heteroatoms. The van der Waals surface area contributed by atoms with E-state index in [1.54, 1.807) is 0 Å². The third-order valence-electron chi connectivity index (χ3n) is 3.64. The molecule has 2 N–H and O–H groups in total. The third kappa shape index (κ3) is 3.55. The van der Waals surface area contributed by atoms with Crippen LogP contribution in [0.5, 0.6) is 0 Å². The molecule has 1 aromatic rings. The number of carboxylic acid groups (broad SMARTS) is 1. The summed E-state index contributed by atoms with van der Waals surface area (Å²) in [6, 6.07) is 1.39. The summed E-state index contributed by atoms with van der Waals surface area (Å²) in [4.78, 5) is 23.0. The van der Waals surface area contributed by atoms with Crippen LogP contribution in [0.2, 0.25) is 0 Å². The smallest absolute Gasteiger partial charge is 0.392 e. The van der Waals surface area contributed by atoms with E-state index >= 15 is 0 Å². The SMILES string of the molecule is O=C(O)c1sccc1NC(=O)C1CCCCC1C(F)(F)F. The highest BCUT2D eigenvalue weighted by Crippen LogP contribution is 2.42. The second kappa shape index (κ2) is 6.05. The van der Waals surface area contributed by atoms with E-state index in [4.69, 9.17) is 5.11 Å². The number of halogens is 3. The van der Waals surface area contributed by atoms with Crippen molar-refractivity contribution in [2.24, 2.45) is 11.8 Å². The molecule has 4 nitrogen and oxygen atoms in total. The van der Waals surface area contributed by atoms with Crippen molar-refractivity contribution in [1.82, 2.24) is 0 Å². The molecule has 2 atom stereocenters. The van der Waals surface area contributed by atoms with Gasteiger partial charge in [0.2, 0.25) is 5.91 Å². The first-order chi connectivity index (χ1) is 9.80. The number of carbonyl (C=O) groups excluding carboxylic acids is 1. The van der Waals surface area contributed by atoms with Gasteiger partial charge in [0.1, 0.15) is 4.88 Å². The summed E-state index contributed by atoms with van der Waals surface area (Å²) in [5.74, 6) is -4.77. The Balaban J connectivity index is 2.14. The summed E-state index contributed by atoms with van der Waals surface area (Å²) in [5.41, 5.74) is 0.0593. The fraction of sp³-hybridized carbons (Fsp3) is 0.538. The van der Waals surface area contributed by atoms with Gasteiger partial charge in [0.15, 0.2) is 0 Å². The molecule has 1 amide bonds. The van der Waals surface area contributed by atoms with Crippen molar-refractivity contribution >= 4 is 28.9 Å². The molecule has 0 radical (unpaired) electrons. The topological polar surface area (TPSA) is 66.4 Å². The van der Waals surface area contributed by atoms with E-state index in [2.05, 4.69) is 5.32 Å². The monoisotopic (exact) mass is 321 g/mol. The Bertz CT molecular complexity index is 541. The highest BCUT2D eigenvalue weighted by atomic mass is 32.1. The number of thiophene rings is 1. The van der Waals surface area contributed by atoms with Gasteiger partial charge in [-0.3, -0.25) is 4.79 Å². The van der Waals surface area contributed by atoms with E-state index in [9.17, 15) is 22.8 Å². The maximum atomic E-state index is 13.0. The van der Waals surface area contributed by atoms with Gasteiger partial charge < -0.3 is 10.4 Å². The van der Waals surface area contributed by atoms with E-state index < -0.39 is 29.9 Å². The van der Waals surface area contributed by atoms with E-state index in [1.165, 1.54) is 11.4 Å². The van der Waals surface area contributed by atoms with Crippen LogP contribution in [0.3, 0.4) is 0 Å². The summed E-state index contributed by atoms with van der Waals surface area (Å²) in [7, 11) is 0. The first-order valence-electron chi connectivity index (χ1n) is 6.49. The molecule has 0 spiro atoms. The van der Waals surface area contributed by atoms with Crippen LogP contribution in [-0.2, 0) is 4.79 Å². The number of aromatic carboxylic acids is 1. The number of carboxylic acids is 1. The van der Waals surface area contributed by atoms with Gasteiger partial charge in [-0.05, 0) is 24.3 Å². The summed E-state index contributed by atoms with van der Waals surface area (Å²) >= 11 is 0.916. The van der Waals surface area contributed by atoms with Crippen molar-refractivity contribution < 1.29 is 27.9 Å². The van der Waals surface area contributed by atoms with Crippen molar-refractivity contribution in [2.45, 2.75) is 31.9 Å². The molecule has 116 valence electrons. The molecule has 1 saturated carbocycles. The molecule has 21 heavy (non-hydrogen) atoms. The number of carbonyl (C=O) groups is 2. The van der Waals surface area contributed by atoms with Crippen LogP contribution in [0.25, 0.3) is 0 Å². The van der Waals surface area contributed by atoms with Crippen LogP contribution in [0.15, 0.2) is 11.4 Å². The average molecular weight is 321 g/mol. The van der Waals surface area contributed by atoms with Gasteiger partial charge in [0, 0.05) is 5.92 Å². The van der Waals surface area contributed by atoms with Gasteiger partial charge in [0.25, 0.3) is 0 Å². The Hall–Kier alpha value is -1.57. The average Bonchev–Trinajstić information content (AvgIpc) is 2.86. The van der Waals surface area contributed by atoms with Gasteiger partial charge in [0.05, 0.1) is 11.6 Å². The lowest BCUT2D eigenvalue weighted by atomic mass is 9.78. The van der Waals surface area contributed by atoms with Crippen molar-refractivity contribution in [1.29, 1.82) is 0 Å². The maximum absolute atomic E-state index is 13.0. The summed E-state index contributed by atoms with van der Waals surface area (Å²) in [6.45, 7) is 0. The van der Waals surface area contributed by atoms with Gasteiger partial charge in [-0.1, -0.05) is 12.8 Å². The highest BCUT2D eigenvalue weighted by molar-refractivity contribution is 7.12. The minimum atomic E-state index is -4.41. The Morgan fingerprint density at radius 3 is 2.57 bits per heavy atom. The zero-order valence-corrected chi connectivity index (χ0v) is 11.8. The number of alkyl halides is 3. The van der Waals surface area contributed by atoms with Gasteiger partial charge in [-0.2, -0.15) is 13.2 Å². The molecule has 2 rings (SSSR count). The Morgan fingerprint density at radius 2 is 1.95 bits per heavy atom. The summed E-state index contributed by atoms with van der Waals surface area (Å²) in [5, 5.41) is 12.7. The van der Waals surface area contributed by atoms with E-state index in [-0.39, 0.29) is 23.4 Å². The number of amides is 1. The number of rotatable bonds is 3. The Morgan fingerprint density at radius 1 is 1.29 bits per heavy atom. The van der Waals surface area contributed by atoms with Gasteiger partial charge >= 0.3 is 12.1 Å². The second-order valence-corrected chi connectivity index (χ2v) is 5.91. The molecule has 0 aromatic carbocycles. The third-order valence-corrected chi connectivity index (χ3v) is 4.54. The number of anilines is 1. The molecular formula is C13H14F3NO3S. The number of hydrogen-bond acceptors (Lipinski definition) is 3. The zero-order valence-electron chi connectivity index (χ0n) is 10.9. The predicted octanol–water partition coefficient (Wildman–Crippen LogP) is 3.75. The fourth-order valence-electron chi connectivity index (χ4n) is 2.64. The molecule has 0 bridgehead atoms. The van der Waals surface area contributed by atoms with E-state index in [1.807, 2.05) is 0 Å². The first kappa shape index (κ1) is 15.8. The summed E-state index contributed by atoms with van der Waals surface area (Å²) in [6.07, 6.45) is -3.28. The predicted molar refractivity (Wildman–Crippen MR) is 71.4 cm³/mol. The van der Waals surface area contributed by atoms with Crippen molar-refractivity contribution in [3.05, 3.63) is 16.3 Å². The quantitative estimate of drug-likeness (QED) is 0.891. The Labute approximate surface area is 123 Å². The fourth-order valence-corrected chi connectivity index (χ4v) is 3.32. The molecular weight excluding hydrogens is 307 g/mol. The maximum Gasteiger partial charge on any atom is 0.392 e. The van der Waals surface area contributed by atoms with Crippen LogP contribution < -0.4 is 5.32 Å². The molecule has 1 aromatic heterocycles. The van der Waals surface area contributed by atoms with Crippen LogP contribution in [-0.4, -0.2) is 23.2 Å². The molecule has 2 unspecified atom stereocenters. The van der Waals surface area contributed by atoms with Gasteiger partial charge in [-0.15, -0.1) is 11.3 Å². The highest BCUT2D eigenvalue weighted by Gasteiger charge is 2.48.